The summed E-state index contributed by atoms with van der Waals surface area (Å²) >= 11 is 0. The molecule has 0 spiro atoms. The lowest BCUT2D eigenvalue weighted by Crippen LogP contribution is -2.34. The van der Waals surface area contributed by atoms with Crippen molar-refractivity contribution in [3.8, 4) is 0 Å². The fraction of sp³-hybridized carbons (Fsp3) is 0.389. The first-order chi connectivity index (χ1) is 11.3. The zero-order valence-electron chi connectivity index (χ0n) is 13.4. The number of hydrogen-bond donors (Lipinski definition) is 0. The van der Waals surface area contributed by atoms with Crippen LogP contribution in [0.15, 0.2) is 43.1 Å². The molecule has 0 atom stereocenters. The SMILES string of the molecule is Cc1ccc2cccnc2c1CN1CCC(n2cncn2)CC1. The summed E-state index contributed by atoms with van der Waals surface area (Å²) in [4.78, 5) is 11.2. The Morgan fingerprint density at radius 3 is 2.83 bits per heavy atom. The Morgan fingerprint density at radius 1 is 1.17 bits per heavy atom. The van der Waals surface area contributed by atoms with Gasteiger partial charge in [0.1, 0.15) is 12.7 Å². The van der Waals surface area contributed by atoms with Gasteiger partial charge in [-0.1, -0.05) is 18.2 Å². The van der Waals surface area contributed by atoms with Crippen molar-refractivity contribution in [1.29, 1.82) is 0 Å². The van der Waals surface area contributed by atoms with Crippen molar-refractivity contribution in [3.05, 3.63) is 54.2 Å². The van der Waals surface area contributed by atoms with Gasteiger partial charge in [-0.25, -0.2) is 9.67 Å². The number of nitrogens with zero attached hydrogens (tertiary/aromatic N) is 5. The van der Waals surface area contributed by atoms with Gasteiger partial charge in [0.25, 0.3) is 0 Å². The smallest absolute Gasteiger partial charge is 0.137 e. The zero-order valence-corrected chi connectivity index (χ0v) is 13.4. The quantitative estimate of drug-likeness (QED) is 0.746. The molecule has 0 amide bonds. The highest BCUT2D eigenvalue weighted by Gasteiger charge is 2.22. The maximum atomic E-state index is 4.61. The minimum atomic E-state index is 0.487. The van der Waals surface area contributed by atoms with E-state index in [1.807, 2.05) is 23.3 Å². The number of likely N-dealkylation sites (tertiary alicyclic amines) is 1. The largest absolute Gasteiger partial charge is 0.299 e. The number of fused-ring (bicyclic) bond motifs is 1. The summed E-state index contributed by atoms with van der Waals surface area (Å²) < 4.78 is 2.00. The van der Waals surface area contributed by atoms with Crippen LogP contribution in [-0.2, 0) is 6.54 Å². The molecule has 1 saturated heterocycles. The molecule has 5 nitrogen and oxygen atoms in total. The second-order valence-corrected chi connectivity index (χ2v) is 6.32. The summed E-state index contributed by atoms with van der Waals surface area (Å²) in [6, 6.07) is 9.01. The predicted octanol–water partition coefficient (Wildman–Crippen LogP) is 2.97. The number of pyridine rings is 1. The number of benzene rings is 1. The molecule has 118 valence electrons. The van der Waals surface area contributed by atoms with Gasteiger partial charge in [0, 0.05) is 31.2 Å². The maximum Gasteiger partial charge on any atom is 0.137 e. The Morgan fingerprint density at radius 2 is 2.04 bits per heavy atom. The molecule has 3 heterocycles. The zero-order chi connectivity index (χ0) is 15.6. The Bertz CT molecular complexity index is 788. The molecule has 0 unspecified atom stereocenters. The van der Waals surface area contributed by atoms with Gasteiger partial charge in [-0.2, -0.15) is 5.10 Å². The van der Waals surface area contributed by atoms with Crippen LogP contribution in [0.2, 0.25) is 0 Å². The molecule has 0 bridgehead atoms. The van der Waals surface area contributed by atoms with Crippen LogP contribution in [0.3, 0.4) is 0 Å². The van der Waals surface area contributed by atoms with Crippen molar-refractivity contribution in [2.75, 3.05) is 13.1 Å². The molecule has 5 heteroatoms. The van der Waals surface area contributed by atoms with Gasteiger partial charge < -0.3 is 0 Å². The fourth-order valence-corrected chi connectivity index (χ4v) is 3.48. The fourth-order valence-electron chi connectivity index (χ4n) is 3.48. The van der Waals surface area contributed by atoms with Crippen LogP contribution in [0, 0.1) is 6.92 Å². The molecule has 1 fully saturated rings. The molecule has 2 aromatic heterocycles. The summed E-state index contributed by atoms with van der Waals surface area (Å²) in [5, 5.41) is 5.51. The maximum absolute atomic E-state index is 4.61. The van der Waals surface area contributed by atoms with Crippen molar-refractivity contribution in [3.63, 3.8) is 0 Å². The van der Waals surface area contributed by atoms with Crippen LogP contribution in [0.25, 0.3) is 10.9 Å². The Hall–Kier alpha value is -2.27. The van der Waals surface area contributed by atoms with E-state index in [-0.39, 0.29) is 0 Å². The first-order valence-corrected chi connectivity index (χ1v) is 8.21. The summed E-state index contributed by atoms with van der Waals surface area (Å²) in [5.41, 5.74) is 3.84. The van der Waals surface area contributed by atoms with Gasteiger partial charge in [0.05, 0.1) is 11.6 Å². The van der Waals surface area contributed by atoms with E-state index in [2.05, 4.69) is 45.1 Å². The third-order valence-electron chi connectivity index (χ3n) is 4.86. The molecular weight excluding hydrogens is 286 g/mol. The molecule has 0 saturated carbocycles. The van der Waals surface area contributed by atoms with E-state index in [1.165, 1.54) is 16.5 Å². The highest BCUT2D eigenvalue weighted by molar-refractivity contribution is 5.82. The summed E-state index contributed by atoms with van der Waals surface area (Å²) in [5.74, 6) is 0. The molecule has 0 radical (unpaired) electrons. The molecule has 3 aromatic rings. The lowest BCUT2D eigenvalue weighted by molar-refractivity contribution is 0.173. The molecule has 1 aliphatic rings. The van der Waals surface area contributed by atoms with Crippen LogP contribution in [0.1, 0.15) is 30.0 Å². The number of rotatable bonds is 3. The molecule has 4 rings (SSSR count). The molecule has 0 aliphatic carbocycles. The van der Waals surface area contributed by atoms with Crippen molar-refractivity contribution in [2.24, 2.45) is 0 Å². The van der Waals surface area contributed by atoms with Gasteiger partial charge >= 0.3 is 0 Å². The van der Waals surface area contributed by atoms with Gasteiger partial charge in [-0.05, 0) is 37.0 Å². The van der Waals surface area contributed by atoms with Gasteiger partial charge in [-0.3, -0.25) is 9.88 Å². The average molecular weight is 307 g/mol. The first kappa shape index (κ1) is 14.3. The van der Waals surface area contributed by atoms with Crippen molar-refractivity contribution in [1.82, 2.24) is 24.6 Å². The third kappa shape index (κ3) is 2.84. The Balaban J connectivity index is 1.50. The van der Waals surface area contributed by atoms with E-state index in [0.29, 0.717) is 6.04 Å². The molecular formula is C18H21N5. The lowest BCUT2D eigenvalue weighted by Gasteiger charge is -2.32. The van der Waals surface area contributed by atoms with E-state index in [0.717, 1.165) is 38.0 Å². The Labute approximate surface area is 136 Å². The number of piperidine rings is 1. The van der Waals surface area contributed by atoms with Gasteiger partial charge in [-0.15, -0.1) is 0 Å². The van der Waals surface area contributed by atoms with Crippen molar-refractivity contribution in [2.45, 2.75) is 32.4 Å². The number of hydrogen-bond acceptors (Lipinski definition) is 4. The molecule has 1 aliphatic heterocycles. The van der Waals surface area contributed by atoms with Gasteiger partial charge in [0.15, 0.2) is 0 Å². The third-order valence-corrected chi connectivity index (χ3v) is 4.86. The van der Waals surface area contributed by atoms with E-state index in [4.69, 9.17) is 0 Å². The highest BCUT2D eigenvalue weighted by Crippen LogP contribution is 2.26. The summed E-state index contributed by atoms with van der Waals surface area (Å²) in [6.07, 6.45) is 7.60. The number of aryl methyl sites for hydroxylation is 1. The second-order valence-electron chi connectivity index (χ2n) is 6.32. The molecule has 1 aromatic carbocycles. The topological polar surface area (TPSA) is 46.8 Å². The minimum absolute atomic E-state index is 0.487. The van der Waals surface area contributed by atoms with Crippen molar-refractivity contribution < 1.29 is 0 Å². The second kappa shape index (κ2) is 6.08. The van der Waals surface area contributed by atoms with Crippen LogP contribution in [0.5, 0.6) is 0 Å². The molecule has 23 heavy (non-hydrogen) atoms. The first-order valence-electron chi connectivity index (χ1n) is 8.21. The van der Waals surface area contributed by atoms with Crippen LogP contribution in [-0.4, -0.2) is 37.7 Å². The average Bonchev–Trinajstić information content (AvgIpc) is 3.13. The monoisotopic (exact) mass is 307 g/mol. The van der Waals surface area contributed by atoms with Crippen molar-refractivity contribution >= 4 is 10.9 Å². The Kier molecular flexibility index (Phi) is 3.79. The van der Waals surface area contributed by atoms with Crippen LogP contribution < -0.4 is 0 Å². The summed E-state index contributed by atoms with van der Waals surface area (Å²) in [6.45, 7) is 5.34. The van der Waals surface area contributed by atoms with E-state index in [1.54, 1.807) is 6.33 Å². The minimum Gasteiger partial charge on any atom is -0.299 e. The van der Waals surface area contributed by atoms with E-state index >= 15 is 0 Å². The standard InChI is InChI=1S/C18H21N5/c1-14-4-5-15-3-2-8-20-18(15)17(14)11-22-9-6-16(7-10-22)23-13-19-12-21-23/h2-5,8,12-13,16H,6-7,9-11H2,1H3. The lowest BCUT2D eigenvalue weighted by atomic mass is 10.0. The normalized spacial score (nSPS) is 16.9. The number of aromatic nitrogens is 4. The molecule has 0 N–H and O–H groups in total. The van der Waals surface area contributed by atoms with Crippen LogP contribution >= 0.6 is 0 Å². The van der Waals surface area contributed by atoms with Gasteiger partial charge in [0.2, 0.25) is 0 Å². The predicted molar refractivity (Wildman–Crippen MR) is 90.1 cm³/mol. The van der Waals surface area contributed by atoms with E-state index < -0.39 is 0 Å². The highest BCUT2D eigenvalue weighted by atomic mass is 15.3. The van der Waals surface area contributed by atoms with Crippen LogP contribution in [0.4, 0.5) is 0 Å². The summed E-state index contributed by atoms with van der Waals surface area (Å²) in [7, 11) is 0. The van der Waals surface area contributed by atoms with E-state index in [9.17, 15) is 0 Å².